The minimum atomic E-state index is -1.22. The van der Waals surface area contributed by atoms with Gasteiger partial charge in [0.1, 0.15) is 11.5 Å². The zero-order chi connectivity index (χ0) is 33.3. The molecule has 0 bridgehead atoms. The second-order valence-corrected chi connectivity index (χ2v) is 18.0. The van der Waals surface area contributed by atoms with E-state index in [1.807, 2.05) is 36.4 Å². The van der Waals surface area contributed by atoms with E-state index >= 15 is 0 Å². The maximum absolute atomic E-state index is 12.1. The fourth-order valence-electron chi connectivity index (χ4n) is 4.60. The highest BCUT2D eigenvalue weighted by molar-refractivity contribution is 6.76. The molecule has 0 saturated heterocycles. The summed E-state index contributed by atoms with van der Waals surface area (Å²) in [5, 5.41) is 6.68. The summed E-state index contributed by atoms with van der Waals surface area (Å²) in [6.45, 7) is 11.0. The summed E-state index contributed by atoms with van der Waals surface area (Å²) in [7, 11) is 2.08. The van der Waals surface area contributed by atoms with Crippen LogP contribution in [0, 0.1) is 0 Å². The van der Waals surface area contributed by atoms with Crippen molar-refractivity contribution in [3.8, 4) is 11.5 Å². The second-order valence-electron chi connectivity index (χ2n) is 12.4. The number of para-hydroxylation sites is 2. The molecule has 0 aromatic heterocycles. The lowest BCUT2D eigenvalue weighted by Gasteiger charge is -2.21. The average Bonchev–Trinajstić information content (AvgIpc) is 3.03. The third-order valence-electron chi connectivity index (χ3n) is 7.32. The maximum Gasteiger partial charge on any atom is 0.407 e. The standard InChI is InChI=1S/C35H58N2O8Si/c1-39-21-23-41-28-44-33-18-8-6-13-30(33)15-12-17-32(16-10-11-20-36-35(38)43-25-26-46(3,4)5)37-27-31-14-7-9-19-34(31)45-29-42-24-22-40-2/h6-9,13-14,18-19,32,37H,10-12,15-17,20-29H2,1-5H3,(H,36,38)/t32-/m0/s1. The van der Waals surface area contributed by atoms with Crippen LogP contribution in [0.4, 0.5) is 4.79 Å². The number of carbonyl (C=O) groups is 1. The van der Waals surface area contributed by atoms with E-state index in [0.29, 0.717) is 52.2 Å². The van der Waals surface area contributed by atoms with Crippen LogP contribution in [0.2, 0.25) is 25.7 Å². The van der Waals surface area contributed by atoms with Gasteiger partial charge < -0.3 is 43.8 Å². The largest absolute Gasteiger partial charge is 0.467 e. The first-order valence-corrected chi connectivity index (χ1v) is 20.2. The van der Waals surface area contributed by atoms with E-state index in [-0.39, 0.29) is 19.7 Å². The number of unbranched alkanes of at least 4 members (excludes halogenated alkanes) is 1. The Balaban J connectivity index is 1.89. The van der Waals surface area contributed by atoms with Gasteiger partial charge in [-0.25, -0.2) is 4.79 Å². The SMILES string of the molecule is COCCOCOc1ccccc1CCC[C@H](CCCCNC(=O)OCC[Si](C)(C)C)NCc1ccccc1OCOCCOC. The summed E-state index contributed by atoms with van der Waals surface area (Å²) in [6.07, 6.45) is 5.43. The van der Waals surface area contributed by atoms with Crippen LogP contribution in [-0.4, -0.2) is 87.6 Å². The molecular weight excluding hydrogens is 604 g/mol. The monoisotopic (exact) mass is 662 g/mol. The lowest BCUT2D eigenvalue weighted by atomic mass is 10.00. The predicted molar refractivity (Wildman–Crippen MR) is 184 cm³/mol. The number of hydrogen-bond acceptors (Lipinski definition) is 9. The molecule has 2 N–H and O–H groups in total. The molecule has 0 unspecified atom stereocenters. The number of aryl methyl sites for hydroxylation is 1. The van der Waals surface area contributed by atoms with Crippen molar-refractivity contribution in [3.63, 3.8) is 0 Å². The fourth-order valence-corrected chi connectivity index (χ4v) is 5.32. The van der Waals surface area contributed by atoms with Gasteiger partial charge in [0.15, 0.2) is 13.6 Å². The van der Waals surface area contributed by atoms with Crippen molar-refractivity contribution in [3.05, 3.63) is 59.7 Å². The van der Waals surface area contributed by atoms with Crippen LogP contribution in [-0.2, 0) is 36.6 Å². The van der Waals surface area contributed by atoms with Crippen LogP contribution in [0.15, 0.2) is 48.5 Å². The summed E-state index contributed by atoms with van der Waals surface area (Å²) >= 11 is 0. The molecule has 0 saturated carbocycles. The van der Waals surface area contributed by atoms with Gasteiger partial charge in [-0.15, -0.1) is 0 Å². The normalized spacial score (nSPS) is 12.1. The highest BCUT2D eigenvalue weighted by Gasteiger charge is 2.14. The molecule has 0 aliphatic carbocycles. The molecule has 1 amide bonds. The third kappa shape index (κ3) is 19.1. The van der Waals surface area contributed by atoms with Crippen molar-refractivity contribution in [2.75, 3.05) is 67.4 Å². The molecule has 0 aliphatic rings. The van der Waals surface area contributed by atoms with E-state index in [1.165, 1.54) is 5.56 Å². The van der Waals surface area contributed by atoms with E-state index in [0.717, 1.165) is 61.6 Å². The second kappa shape index (κ2) is 24.5. The molecule has 1 atom stereocenters. The number of carbonyl (C=O) groups excluding carboxylic acids is 1. The van der Waals surface area contributed by atoms with Crippen molar-refractivity contribution in [2.45, 2.75) is 76.8 Å². The van der Waals surface area contributed by atoms with E-state index in [1.54, 1.807) is 14.2 Å². The number of nitrogens with one attached hydrogen (secondary N) is 2. The smallest absolute Gasteiger partial charge is 0.407 e. The van der Waals surface area contributed by atoms with Crippen molar-refractivity contribution in [1.29, 1.82) is 0 Å². The van der Waals surface area contributed by atoms with Crippen LogP contribution in [0.5, 0.6) is 11.5 Å². The number of benzene rings is 2. The Bertz CT molecular complexity index is 1070. The highest BCUT2D eigenvalue weighted by Crippen LogP contribution is 2.22. The third-order valence-corrected chi connectivity index (χ3v) is 9.02. The van der Waals surface area contributed by atoms with Gasteiger partial charge in [0.25, 0.3) is 0 Å². The fraction of sp³-hybridized carbons (Fsp3) is 0.629. The van der Waals surface area contributed by atoms with Crippen LogP contribution in [0.25, 0.3) is 0 Å². The van der Waals surface area contributed by atoms with Crippen LogP contribution in [0.3, 0.4) is 0 Å². The molecule has 0 aliphatic heterocycles. The van der Waals surface area contributed by atoms with Crippen molar-refractivity contribution < 1.29 is 38.0 Å². The summed E-state index contributed by atoms with van der Waals surface area (Å²) in [4.78, 5) is 12.1. The molecule has 0 spiro atoms. The minimum Gasteiger partial charge on any atom is -0.467 e. The minimum absolute atomic E-state index is 0.177. The Morgan fingerprint density at radius 1 is 0.739 bits per heavy atom. The lowest BCUT2D eigenvalue weighted by molar-refractivity contribution is -0.00902. The maximum atomic E-state index is 12.1. The summed E-state index contributed by atoms with van der Waals surface area (Å²) in [5.74, 6) is 1.66. The van der Waals surface area contributed by atoms with Crippen LogP contribution in [0.1, 0.15) is 43.2 Å². The zero-order valence-corrected chi connectivity index (χ0v) is 29.8. The Morgan fingerprint density at radius 3 is 1.96 bits per heavy atom. The van der Waals surface area contributed by atoms with E-state index in [9.17, 15) is 4.79 Å². The first kappa shape index (κ1) is 39.5. The van der Waals surface area contributed by atoms with Crippen molar-refractivity contribution in [2.24, 2.45) is 0 Å². The molecular formula is C35H58N2O8Si. The summed E-state index contributed by atoms with van der Waals surface area (Å²) in [5.41, 5.74) is 2.25. The van der Waals surface area contributed by atoms with Crippen LogP contribution < -0.4 is 20.1 Å². The van der Waals surface area contributed by atoms with Gasteiger partial charge in [0.05, 0.1) is 33.0 Å². The summed E-state index contributed by atoms with van der Waals surface area (Å²) < 4.78 is 38.2. The molecule has 2 aromatic carbocycles. The molecule has 2 rings (SSSR count). The number of amides is 1. The Kier molecular flexibility index (Phi) is 21.0. The van der Waals surface area contributed by atoms with E-state index in [4.69, 9.17) is 33.2 Å². The molecule has 0 heterocycles. The molecule has 46 heavy (non-hydrogen) atoms. The lowest BCUT2D eigenvalue weighted by Crippen LogP contribution is -2.30. The number of ether oxygens (including phenoxy) is 7. The Hall–Kier alpha value is -2.67. The summed E-state index contributed by atoms with van der Waals surface area (Å²) in [6, 6.07) is 17.4. The molecule has 11 heteroatoms. The van der Waals surface area contributed by atoms with Gasteiger partial charge in [0.2, 0.25) is 0 Å². The Morgan fingerprint density at radius 2 is 1.33 bits per heavy atom. The van der Waals surface area contributed by atoms with Gasteiger partial charge in [-0.05, 0) is 55.8 Å². The van der Waals surface area contributed by atoms with Gasteiger partial charge in [-0.3, -0.25) is 0 Å². The van der Waals surface area contributed by atoms with E-state index < -0.39 is 8.07 Å². The van der Waals surface area contributed by atoms with Gasteiger partial charge in [-0.2, -0.15) is 0 Å². The van der Waals surface area contributed by atoms with Gasteiger partial charge in [0, 0.05) is 47.0 Å². The zero-order valence-electron chi connectivity index (χ0n) is 28.8. The van der Waals surface area contributed by atoms with Gasteiger partial charge >= 0.3 is 6.09 Å². The average molecular weight is 663 g/mol. The molecule has 0 radical (unpaired) electrons. The van der Waals surface area contributed by atoms with Crippen molar-refractivity contribution >= 4 is 14.2 Å². The first-order chi connectivity index (χ1) is 22.3. The molecule has 260 valence electrons. The highest BCUT2D eigenvalue weighted by atomic mass is 28.3. The number of hydrogen-bond donors (Lipinski definition) is 2. The molecule has 0 fully saturated rings. The van der Waals surface area contributed by atoms with Crippen LogP contribution >= 0.6 is 0 Å². The topological polar surface area (TPSA) is 106 Å². The number of alkyl carbamates (subject to hydrolysis) is 1. The first-order valence-electron chi connectivity index (χ1n) is 16.5. The van der Waals surface area contributed by atoms with Gasteiger partial charge in [-0.1, -0.05) is 62.5 Å². The van der Waals surface area contributed by atoms with E-state index in [2.05, 4.69) is 42.4 Å². The quantitative estimate of drug-likeness (QED) is 0.0639. The van der Waals surface area contributed by atoms with Crippen molar-refractivity contribution in [1.82, 2.24) is 10.6 Å². The molecule has 2 aromatic rings. The predicted octanol–water partition coefficient (Wildman–Crippen LogP) is 6.40. The number of methoxy groups -OCH3 is 2. The number of rotatable bonds is 27. The Labute approximate surface area is 277 Å². The molecule has 10 nitrogen and oxygen atoms in total.